The summed E-state index contributed by atoms with van der Waals surface area (Å²) in [7, 11) is -3.72. The van der Waals surface area contributed by atoms with Crippen molar-refractivity contribution in [2.24, 2.45) is 0 Å². The van der Waals surface area contributed by atoms with Crippen LogP contribution in [-0.4, -0.2) is 72.9 Å². The number of benzene rings is 1. The Bertz CT molecular complexity index is 987. The topological polar surface area (TPSA) is 102 Å². The van der Waals surface area contributed by atoms with Crippen LogP contribution in [-0.2, 0) is 10.0 Å². The second-order valence-electron chi connectivity index (χ2n) is 6.71. The molecule has 1 aliphatic heterocycles. The quantitative estimate of drug-likeness (QED) is 0.654. The summed E-state index contributed by atoms with van der Waals surface area (Å²) in [6.45, 7) is 7.28. The van der Waals surface area contributed by atoms with Gasteiger partial charge in [-0.2, -0.15) is 4.31 Å². The number of hydrogen-bond acceptors (Lipinski definition) is 7. The van der Waals surface area contributed by atoms with E-state index < -0.39 is 10.0 Å². The van der Waals surface area contributed by atoms with Crippen LogP contribution in [0.4, 0.5) is 0 Å². The Kier molecular flexibility index (Phi) is 6.88. The lowest BCUT2D eigenvalue weighted by atomic mass is 10.3. The van der Waals surface area contributed by atoms with Gasteiger partial charge in [-0.05, 0) is 32.9 Å². The number of hydrogen-bond donors (Lipinski definition) is 0. The summed E-state index contributed by atoms with van der Waals surface area (Å²) in [5.41, 5.74) is 0.981. The third kappa shape index (κ3) is 4.71. The van der Waals surface area contributed by atoms with Crippen molar-refractivity contribution < 1.29 is 22.7 Å². The van der Waals surface area contributed by atoms with E-state index in [2.05, 4.69) is 9.97 Å². The van der Waals surface area contributed by atoms with Crippen LogP contribution >= 0.6 is 0 Å². The molecule has 1 saturated heterocycles. The number of nitrogens with zero attached hydrogens (tertiary/aromatic N) is 4. The Morgan fingerprint density at radius 1 is 1.00 bits per heavy atom. The number of piperazine rings is 1. The summed E-state index contributed by atoms with van der Waals surface area (Å²) in [6, 6.07) is 4.61. The monoisotopic (exact) mass is 434 g/mol. The van der Waals surface area contributed by atoms with Crippen molar-refractivity contribution in [1.82, 2.24) is 19.2 Å². The van der Waals surface area contributed by atoms with Gasteiger partial charge >= 0.3 is 0 Å². The zero-order valence-corrected chi connectivity index (χ0v) is 18.2. The zero-order valence-electron chi connectivity index (χ0n) is 17.4. The molecule has 0 aliphatic carbocycles. The smallest absolute Gasteiger partial charge is 0.274 e. The summed E-state index contributed by atoms with van der Waals surface area (Å²) in [5, 5.41) is 0. The van der Waals surface area contributed by atoms with Gasteiger partial charge in [0, 0.05) is 38.4 Å². The average molecular weight is 435 g/mol. The summed E-state index contributed by atoms with van der Waals surface area (Å²) >= 11 is 0. The number of aromatic nitrogens is 2. The Morgan fingerprint density at radius 2 is 1.67 bits per heavy atom. The number of carbonyl (C=O) groups is 1. The van der Waals surface area contributed by atoms with Crippen molar-refractivity contribution in [1.29, 1.82) is 0 Å². The van der Waals surface area contributed by atoms with E-state index in [1.807, 2.05) is 13.8 Å². The zero-order chi connectivity index (χ0) is 21.7. The molecule has 3 rings (SSSR count). The molecule has 2 heterocycles. The number of ether oxygens (including phenoxy) is 2. The van der Waals surface area contributed by atoms with Crippen molar-refractivity contribution in [2.45, 2.75) is 25.7 Å². The molecule has 2 aromatic rings. The lowest BCUT2D eigenvalue weighted by Crippen LogP contribution is -2.50. The third-order valence-corrected chi connectivity index (χ3v) is 6.57. The molecular weight excluding hydrogens is 408 g/mol. The minimum Gasteiger partial charge on any atom is -0.490 e. The molecule has 1 aromatic heterocycles. The largest absolute Gasteiger partial charge is 0.490 e. The average Bonchev–Trinajstić information content (AvgIpc) is 2.75. The molecule has 1 aliphatic rings. The highest BCUT2D eigenvalue weighted by Crippen LogP contribution is 2.31. The van der Waals surface area contributed by atoms with Crippen LogP contribution in [0.1, 0.15) is 30.0 Å². The minimum atomic E-state index is -3.72. The fourth-order valence-electron chi connectivity index (χ4n) is 3.14. The van der Waals surface area contributed by atoms with E-state index >= 15 is 0 Å². The van der Waals surface area contributed by atoms with E-state index in [-0.39, 0.29) is 42.7 Å². The van der Waals surface area contributed by atoms with E-state index in [1.165, 1.54) is 28.8 Å². The van der Waals surface area contributed by atoms with Crippen LogP contribution in [0, 0.1) is 6.92 Å². The van der Waals surface area contributed by atoms with Gasteiger partial charge in [0.2, 0.25) is 10.0 Å². The molecule has 0 atom stereocenters. The van der Waals surface area contributed by atoms with Gasteiger partial charge in [0.15, 0.2) is 11.5 Å². The Hall–Kier alpha value is -2.72. The molecular formula is C20H26N4O5S. The standard InChI is InChI=1S/C20H26N4O5S/c1-4-28-18-7-6-16(12-19(18)29-5-2)30(26,27)24-10-8-23(9-11-24)20(25)17-14-21-15(3)13-22-17/h6-7,12-14H,4-5,8-11H2,1-3H3. The van der Waals surface area contributed by atoms with Crippen LogP contribution in [0.25, 0.3) is 0 Å². The first-order chi connectivity index (χ1) is 14.4. The fraction of sp³-hybridized carbons (Fsp3) is 0.450. The van der Waals surface area contributed by atoms with Crippen molar-refractivity contribution in [3.8, 4) is 11.5 Å². The van der Waals surface area contributed by atoms with Crippen molar-refractivity contribution >= 4 is 15.9 Å². The molecule has 1 aromatic carbocycles. The van der Waals surface area contributed by atoms with Crippen molar-refractivity contribution in [3.05, 3.63) is 42.0 Å². The summed E-state index contributed by atoms with van der Waals surface area (Å²) < 4.78 is 38.6. The van der Waals surface area contributed by atoms with Crippen molar-refractivity contribution in [3.63, 3.8) is 0 Å². The van der Waals surface area contributed by atoms with E-state index in [9.17, 15) is 13.2 Å². The Balaban J connectivity index is 1.72. The lowest BCUT2D eigenvalue weighted by Gasteiger charge is -2.33. The normalized spacial score (nSPS) is 15.1. The first-order valence-electron chi connectivity index (χ1n) is 9.84. The van der Waals surface area contributed by atoms with Crippen molar-refractivity contribution in [2.75, 3.05) is 39.4 Å². The predicted molar refractivity (Wildman–Crippen MR) is 110 cm³/mol. The molecule has 0 spiro atoms. The maximum atomic E-state index is 13.1. The van der Waals surface area contributed by atoms with Gasteiger partial charge in [-0.1, -0.05) is 0 Å². The second kappa shape index (κ2) is 9.40. The van der Waals surface area contributed by atoms with Gasteiger partial charge in [0.1, 0.15) is 5.69 Å². The molecule has 0 bridgehead atoms. The molecule has 0 N–H and O–H groups in total. The third-order valence-electron chi connectivity index (χ3n) is 4.68. The van der Waals surface area contributed by atoms with Crippen LogP contribution < -0.4 is 9.47 Å². The fourth-order valence-corrected chi connectivity index (χ4v) is 4.58. The highest BCUT2D eigenvalue weighted by atomic mass is 32.2. The molecule has 162 valence electrons. The first-order valence-corrected chi connectivity index (χ1v) is 11.3. The maximum Gasteiger partial charge on any atom is 0.274 e. The molecule has 0 unspecified atom stereocenters. The highest BCUT2D eigenvalue weighted by molar-refractivity contribution is 7.89. The van der Waals surface area contributed by atoms with Gasteiger partial charge in [-0.15, -0.1) is 0 Å². The number of sulfonamides is 1. The van der Waals surface area contributed by atoms with Crippen LogP contribution in [0.2, 0.25) is 0 Å². The van der Waals surface area contributed by atoms with Gasteiger partial charge in [-0.3, -0.25) is 9.78 Å². The molecule has 1 fully saturated rings. The maximum absolute atomic E-state index is 13.1. The van der Waals surface area contributed by atoms with Crippen LogP contribution in [0.3, 0.4) is 0 Å². The Morgan fingerprint density at radius 3 is 2.27 bits per heavy atom. The van der Waals surface area contributed by atoms with Crippen LogP contribution in [0.5, 0.6) is 11.5 Å². The van der Waals surface area contributed by atoms with Gasteiger partial charge < -0.3 is 14.4 Å². The number of rotatable bonds is 7. The summed E-state index contributed by atoms with van der Waals surface area (Å²) in [6.07, 6.45) is 2.98. The van der Waals surface area contributed by atoms with E-state index in [4.69, 9.17) is 9.47 Å². The summed E-state index contributed by atoms with van der Waals surface area (Å²) in [5.74, 6) is 0.652. The highest BCUT2D eigenvalue weighted by Gasteiger charge is 2.31. The molecule has 10 heteroatoms. The molecule has 0 saturated carbocycles. The molecule has 0 radical (unpaired) electrons. The number of aryl methyl sites for hydroxylation is 1. The van der Waals surface area contributed by atoms with Crippen LogP contribution in [0.15, 0.2) is 35.5 Å². The first kappa shape index (κ1) is 22.0. The predicted octanol–water partition coefficient (Wildman–Crippen LogP) is 1.73. The van der Waals surface area contributed by atoms with Gasteiger partial charge in [0.25, 0.3) is 5.91 Å². The Labute approximate surface area is 176 Å². The molecule has 1 amide bonds. The lowest BCUT2D eigenvalue weighted by molar-refractivity contribution is 0.0691. The molecule has 9 nitrogen and oxygen atoms in total. The van der Waals surface area contributed by atoms with E-state index in [1.54, 1.807) is 17.9 Å². The SMILES string of the molecule is CCOc1ccc(S(=O)(=O)N2CCN(C(=O)c3cnc(C)cn3)CC2)cc1OCC. The van der Waals surface area contributed by atoms with Gasteiger partial charge in [-0.25, -0.2) is 13.4 Å². The second-order valence-corrected chi connectivity index (χ2v) is 8.65. The number of amides is 1. The van der Waals surface area contributed by atoms with Gasteiger partial charge in [0.05, 0.1) is 30.0 Å². The number of carbonyl (C=O) groups excluding carboxylic acids is 1. The van der Waals surface area contributed by atoms with E-state index in [0.717, 1.165) is 5.69 Å². The minimum absolute atomic E-state index is 0.138. The molecule has 30 heavy (non-hydrogen) atoms. The summed E-state index contributed by atoms with van der Waals surface area (Å²) in [4.78, 5) is 22.5. The van der Waals surface area contributed by atoms with E-state index in [0.29, 0.717) is 24.7 Å².